The minimum Gasteiger partial charge on any atom is -0.349 e. The predicted molar refractivity (Wildman–Crippen MR) is 113 cm³/mol. The fraction of sp³-hybridized carbons (Fsp3) is 0.136. The highest BCUT2D eigenvalue weighted by Crippen LogP contribution is 2.27. The van der Waals surface area contributed by atoms with Crippen LogP contribution in [0.5, 0.6) is 0 Å². The molecule has 30 heavy (non-hydrogen) atoms. The fourth-order valence-electron chi connectivity index (χ4n) is 2.82. The maximum atomic E-state index is 12.3. The summed E-state index contributed by atoms with van der Waals surface area (Å²) >= 11 is 0. The molecule has 0 aliphatic carbocycles. The number of rotatable bonds is 6. The van der Waals surface area contributed by atoms with Gasteiger partial charge in [-0.25, -0.2) is 4.68 Å². The van der Waals surface area contributed by atoms with Crippen molar-refractivity contribution >= 4 is 17.7 Å². The van der Waals surface area contributed by atoms with E-state index in [9.17, 15) is 20.2 Å². The molecule has 3 aromatic rings. The first-order valence-electron chi connectivity index (χ1n) is 9.21. The van der Waals surface area contributed by atoms with Gasteiger partial charge < -0.3 is 5.32 Å². The van der Waals surface area contributed by atoms with Gasteiger partial charge >= 0.3 is 0 Å². The van der Waals surface area contributed by atoms with Gasteiger partial charge in [0, 0.05) is 35.5 Å². The highest BCUT2D eigenvalue weighted by Gasteiger charge is 2.16. The third kappa shape index (κ3) is 4.59. The molecule has 2 aromatic carbocycles. The van der Waals surface area contributed by atoms with Gasteiger partial charge in [0.15, 0.2) is 0 Å². The van der Waals surface area contributed by atoms with Gasteiger partial charge in [0.25, 0.3) is 11.6 Å². The molecule has 3 rings (SSSR count). The summed E-state index contributed by atoms with van der Waals surface area (Å²) in [5.74, 6) is -0.477. The lowest BCUT2D eigenvalue weighted by molar-refractivity contribution is -0.384. The van der Waals surface area contributed by atoms with E-state index in [1.54, 1.807) is 23.0 Å². The van der Waals surface area contributed by atoms with Crippen molar-refractivity contribution in [1.82, 2.24) is 15.1 Å². The zero-order valence-corrected chi connectivity index (χ0v) is 16.4. The fourth-order valence-corrected chi connectivity index (χ4v) is 2.82. The van der Waals surface area contributed by atoms with Crippen LogP contribution in [0.1, 0.15) is 19.4 Å². The monoisotopic (exact) mass is 401 g/mol. The summed E-state index contributed by atoms with van der Waals surface area (Å²) < 4.78 is 1.64. The van der Waals surface area contributed by atoms with Crippen LogP contribution < -0.4 is 5.32 Å². The van der Waals surface area contributed by atoms with Crippen molar-refractivity contribution in [3.63, 3.8) is 0 Å². The zero-order chi connectivity index (χ0) is 21.7. The molecule has 0 unspecified atom stereocenters. The van der Waals surface area contributed by atoms with Crippen molar-refractivity contribution < 1.29 is 9.72 Å². The van der Waals surface area contributed by atoms with Crippen LogP contribution in [0.2, 0.25) is 0 Å². The third-order valence-electron chi connectivity index (χ3n) is 4.20. The van der Waals surface area contributed by atoms with Crippen LogP contribution in [-0.2, 0) is 4.79 Å². The Morgan fingerprint density at radius 2 is 1.87 bits per heavy atom. The lowest BCUT2D eigenvalue weighted by Crippen LogP contribution is -2.30. The average molecular weight is 401 g/mol. The van der Waals surface area contributed by atoms with Crippen molar-refractivity contribution in [2.24, 2.45) is 0 Å². The van der Waals surface area contributed by atoms with Gasteiger partial charge in [0.1, 0.15) is 17.3 Å². The Labute approximate surface area is 173 Å². The standard InChI is InChI=1S/C22H19N5O3/c1-15(2)24-22(28)17(13-23)12-18-14-26(19-6-4-3-5-7-19)25-21(18)16-8-10-20(11-9-16)27(29)30/h3-12,14-15H,1-2H3,(H,24,28)/b17-12+. The van der Waals surface area contributed by atoms with Crippen LogP contribution >= 0.6 is 0 Å². The first-order chi connectivity index (χ1) is 14.4. The molecule has 0 aliphatic heterocycles. The Morgan fingerprint density at radius 1 is 1.20 bits per heavy atom. The number of hydrogen-bond donors (Lipinski definition) is 1. The van der Waals surface area contributed by atoms with E-state index in [4.69, 9.17) is 0 Å². The minimum absolute atomic E-state index is 0.0349. The van der Waals surface area contributed by atoms with E-state index in [0.29, 0.717) is 16.8 Å². The Hall–Kier alpha value is -4.25. The number of benzene rings is 2. The van der Waals surface area contributed by atoms with Gasteiger partial charge in [-0.05, 0) is 44.2 Å². The minimum atomic E-state index is -0.477. The number of carbonyl (C=O) groups is 1. The molecule has 0 saturated heterocycles. The summed E-state index contributed by atoms with van der Waals surface area (Å²) in [6, 6.07) is 17.1. The molecular weight excluding hydrogens is 382 g/mol. The van der Waals surface area contributed by atoms with E-state index in [1.165, 1.54) is 18.2 Å². The number of nitrogens with zero attached hydrogens (tertiary/aromatic N) is 4. The van der Waals surface area contributed by atoms with Crippen molar-refractivity contribution in [2.45, 2.75) is 19.9 Å². The van der Waals surface area contributed by atoms with E-state index in [2.05, 4.69) is 10.4 Å². The molecule has 1 aromatic heterocycles. The van der Waals surface area contributed by atoms with E-state index in [0.717, 1.165) is 5.69 Å². The summed E-state index contributed by atoms with van der Waals surface area (Å²) in [4.78, 5) is 22.8. The van der Waals surface area contributed by atoms with Gasteiger partial charge in [0.2, 0.25) is 0 Å². The maximum Gasteiger partial charge on any atom is 0.269 e. The average Bonchev–Trinajstić information content (AvgIpc) is 3.16. The van der Waals surface area contributed by atoms with Crippen LogP contribution in [0, 0.1) is 21.4 Å². The predicted octanol–water partition coefficient (Wildman–Crippen LogP) is 3.88. The summed E-state index contributed by atoms with van der Waals surface area (Å²) in [5.41, 5.74) is 2.38. The van der Waals surface area contributed by atoms with Crippen molar-refractivity contribution in [1.29, 1.82) is 5.26 Å². The second-order valence-electron chi connectivity index (χ2n) is 6.82. The molecule has 0 fully saturated rings. The number of nitro groups is 1. The highest BCUT2D eigenvalue weighted by molar-refractivity contribution is 6.02. The molecule has 0 spiro atoms. The van der Waals surface area contributed by atoms with Crippen LogP contribution in [0.25, 0.3) is 23.0 Å². The number of nitrogens with one attached hydrogen (secondary N) is 1. The number of hydrogen-bond acceptors (Lipinski definition) is 5. The Bertz CT molecular complexity index is 1140. The maximum absolute atomic E-state index is 12.3. The zero-order valence-electron chi connectivity index (χ0n) is 16.4. The second kappa shape index (κ2) is 8.84. The lowest BCUT2D eigenvalue weighted by Gasteiger charge is -2.07. The number of aromatic nitrogens is 2. The first-order valence-corrected chi connectivity index (χ1v) is 9.21. The molecule has 1 amide bonds. The highest BCUT2D eigenvalue weighted by atomic mass is 16.6. The Morgan fingerprint density at radius 3 is 2.43 bits per heavy atom. The van der Waals surface area contributed by atoms with Gasteiger partial charge in [0.05, 0.1) is 10.6 Å². The largest absolute Gasteiger partial charge is 0.349 e. The molecule has 0 bridgehead atoms. The van der Waals surface area contributed by atoms with Gasteiger partial charge in [-0.1, -0.05) is 18.2 Å². The number of non-ortho nitro benzene ring substituents is 1. The summed E-state index contributed by atoms with van der Waals surface area (Å²) in [6.07, 6.45) is 3.19. The number of amides is 1. The van der Waals surface area contributed by atoms with Gasteiger partial charge in [-0.2, -0.15) is 10.4 Å². The van der Waals surface area contributed by atoms with E-state index in [1.807, 2.05) is 50.2 Å². The van der Waals surface area contributed by atoms with Crippen molar-refractivity contribution in [2.75, 3.05) is 0 Å². The number of nitriles is 1. The first kappa shape index (κ1) is 20.5. The summed E-state index contributed by atoms with van der Waals surface area (Å²) in [6.45, 7) is 3.62. The quantitative estimate of drug-likeness (QED) is 0.291. The van der Waals surface area contributed by atoms with E-state index >= 15 is 0 Å². The second-order valence-corrected chi connectivity index (χ2v) is 6.82. The molecule has 0 aliphatic rings. The molecule has 8 heteroatoms. The smallest absolute Gasteiger partial charge is 0.269 e. The summed E-state index contributed by atoms with van der Waals surface area (Å²) in [7, 11) is 0. The third-order valence-corrected chi connectivity index (χ3v) is 4.20. The van der Waals surface area contributed by atoms with Gasteiger partial charge in [-0.3, -0.25) is 14.9 Å². The molecule has 8 nitrogen and oxygen atoms in total. The molecule has 1 heterocycles. The number of para-hydroxylation sites is 1. The van der Waals surface area contributed by atoms with E-state index < -0.39 is 10.8 Å². The van der Waals surface area contributed by atoms with Crippen LogP contribution in [0.15, 0.2) is 66.4 Å². The van der Waals surface area contributed by atoms with Crippen LogP contribution in [0.3, 0.4) is 0 Å². The molecule has 0 radical (unpaired) electrons. The van der Waals surface area contributed by atoms with Crippen molar-refractivity contribution in [3.8, 4) is 23.0 Å². The molecule has 150 valence electrons. The van der Waals surface area contributed by atoms with E-state index in [-0.39, 0.29) is 17.3 Å². The molecule has 1 N–H and O–H groups in total. The normalized spacial score (nSPS) is 11.2. The van der Waals surface area contributed by atoms with Crippen molar-refractivity contribution in [3.05, 3.63) is 82.0 Å². The molecule has 0 atom stereocenters. The number of carbonyl (C=O) groups excluding carboxylic acids is 1. The topological polar surface area (TPSA) is 114 Å². The van der Waals surface area contributed by atoms with Crippen LogP contribution in [0.4, 0.5) is 5.69 Å². The van der Waals surface area contributed by atoms with Gasteiger partial charge in [-0.15, -0.1) is 0 Å². The molecule has 0 saturated carbocycles. The SMILES string of the molecule is CC(C)NC(=O)/C(C#N)=C/c1cn(-c2ccccc2)nc1-c1ccc([N+](=O)[O-])cc1. The molecular formula is C22H19N5O3. The Kier molecular flexibility index (Phi) is 6.03. The Balaban J connectivity index is 2.11. The lowest BCUT2D eigenvalue weighted by atomic mass is 10.1. The summed E-state index contributed by atoms with van der Waals surface area (Å²) in [5, 5.41) is 27.7. The number of nitro benzene ring substituents is 1. The van der Waals surface area contributed by atoms with Crippen LogP contribution in [-0.4, -0.2) is 26.7 Å².